The number of unbranched alkanes of at least 4 members (excludes halogenated alkanes) is 3. The van der Waals surface area contributed by atoms with E-state index in [1.54, 1.807) is 27.2 Å². The Labute approximate surface area is 352 Å². The van der Waals surface area contributed by atoms with Crippen molar-refractivity contribution in [2.75, 3.05) is 41.0 Å². The van der Waals surface area contributed by atoms with Gasteiger partial charge in [-0.3, -0.25) is 9.59 Å². The lowest BCUT2D eigenvalue weighted by Gasteiger charge is -2.34. The maximum absolute atomic E-state index is 12.7. The van der Waals surface area contributed by atoms with Gasteiger partial charge in [0.1, 0.15) is 12.6 Å². The first-order valence-electron chi connectivity index (χ1n) is 21.6. The summed E-state index contributed by atoms with van der Waals surface area (Å²) in [6.45, 7) is 4.25. The van der Waals surface area contributed by atoms with E-state index in [-0.39, 0.29) is 49.5 Å². The standard InChI is InChI=1S/C50H77NO7/c1-6-8-10-12-14-16-18-20-22-23-24-25-27-29-31-33-35-37-39-41-49(53)58-46(44-56-43-42-47(50(54)55)51(3,4)5)45-57-48(52)40-38-36-34-32-30-28-26-21-19-17-15-13-11-9-7-2/h8-11,14-17,20-22,24-26,29-32,36,38,46-47H,6-7,12-13,18-19,23,27-28,33-35,37,39-45H2,1-5H3/b10-8-,11-9-,16-14-,17-15-,22-20-,25-24-,26-21-,31-29-,32-30-,38-36-. The Hall–Kier alpha value is -4.27. The highest BCUT2D eigenvalue weighted by atomic mass is 16.6. The van der Waals surface area contributed by atoms with Crippen molar-refractivity contribution in [3.63, 3.8) is 0 Å². The number of carboxylic acid groups (broad SMARTS) is 1. The predicted molar refractivity (Wildman–Crippen MR) is 240 cm³/mol. The summed E-state index contributed by atoms with van der Waals surface area (Å²) in [5.41, 5.74) is 0. The van der Waals surface area contributed by atoms with Crippen molar-refractivity contribution in [1.82, 2.24) is 0 Å². The number of hydrogen-bond acceptors (Lipinski definition) is 7. The third-order valence-electron chi connectivity index (χ3n) is 8.63. The van der Waals surface area contributed by atoms with E-state index in [2.05, 4.69) is 123 Å². The number of allylic oxidation sites excluding steroid dienone is 19. The van der Waals surface area contributed by atoms with Crippen molar-refractivity contribution in [3.05, 3.63) is 122 Å². The highest BCUT2D eigenvalue weighted by molar-refractivity contribution is 5.71. The Morgan fingerprint density at radius 1 is 0.534 bits per heavy atom. The molecule has 0 aromatic carbocycles. The minimum Gasteiger partial charge on any atom is -0.544 e. The van der Waals surface area contributed by atoms with Gasteiger partial charge in [-0.15, -0.1) is 0 Å². The maximum atomic E-state index is 12.7. The van der Waals surface area contributed by atoms with Crippen LogP contribution in [0.4, 0.5) is 0 Å². The summed E-state index contributed by atoms with van der Waals surface area (Å²) < 4.78 is 17.0. The van der Waals surface area contributed by atoms with E-state index in [1.807, 2.05) is 6.08 Å². The molecule has 0 fully saturated rings. The first kappa shape index (κ1) is 53.7. The molecular weight excluding hydrogens is 727 g/mol. The van der Waals surface area contributed by atoms with Crippen LogP contribution in [0.15, 0.2) is 122 Å². The van der Waals surface area contributed by atoms with Crippen LogP contribution in [-0.2, 0) is 28.6 Å². The van der Waals surface area contributed by atoms with Crippen LogP contribution < -0.4 is 5.11 Å². The Morgan fingerprint density at radius 2 is 0.966 bits per heavy atom. The fourth-order valence-corrected chi connectivity index (χ4v) is 5.34. The van der Waals surface area contributed by atoms with E-state index in [0.29, 0.717) is 12.8 Å². The molecule has 0 aliphatic carbocycles. The molecule has 0 bridgehead atoms. The number of esters is 2. The molecule has 0 radical (unpaired) electrons. The second kappa shape index (κ2) is 39.6. The van der Waals surface area contributed by atoms with Crippen LogP contribution in [0.3, 0.4) is 0 Å². The molecule has 0 heterocycles. The molecule has 0 N–H and O–H groups in total. The molecule has 0 aliphatic heterocycles. The summed E-state index contributed by atoms with van der Waals surface area (Å²) in [6, 6.07) is -0.753. The van der Waals surface area contributed by atoms with Crippen LogP contribution in [0.5, 0.6) is 0 Å². The van der Waals surface area contributed by atoms with Crippen LogP contribution in [0.25, 0.3) is 0 Å². The quantitative estimate of drug-likeness (QED) is 0.0269. The lowest BCUT2D eigenvalue weighted by Crippen LogP contribution is -2.55. The topological polar surface area (TPSA) is 102 Å². The highest BCUT2D eigenvalue weighted by Gasteiger charge is 2.25. The van der Waals surface area contributed by atoms with Gasteiger partial charge in [-0.1, -0.05) is 142 Å². The SMILES string of the molecule is CC/C=C\C/C=C\C/C=C\C/C=C\C/C=C\CCCCCC(=O)OC(COCCC(C(=O)[O-])[N+](C)(C)C)COC(=O)C/C=C\C/C=C\C/C=C\C/C=C\C/C=C\CC. The van der Waals surface area contributed by atoms with Crippen LogP contribution in [0, 0.1) is 0 Å². The van der Waals surface area contributed by atoms with E-state index < -0.39 is 24.1 Å². The molecule has 0 spiro atoms. The minimum atomic E-state index is -1.15. The summed E-state index contributed by atoms with van der Waals surface area (Å²) in [6.07, 6.45) is 55.4. The molecule has 2 unspecified atom stereocenters. The molecule has 2 atom stereocenters. The van der Waals surface area contributed by atoms with E-state index in [1.165, 1.54) is 0 Å². The molecule has 0 aromatic rings. The van der Waals surface area contributed by atoms with Crippen LogP contribution in [-0.4, -0.2) is 75.5 Å². The normalized spacial score (nSPS) is 14.2. The number of hydrogen-bond donors (Lipinski definition) is 0. The van der Waals surface area contributed by atoms with Crippen molar-refractivity contribution in [2.24, 2.45) is 0 Å². The largest absolute Gasteiger partial charge is 0.544 e. The molecule has 0 saturated heterocycles. The summed E-state index contributed by atoms with van der Waals surface area (Å²) in [5, 5.41) is 11.6. The van der Waals surface area contributed by atoms with E-state index in [0.717, 1.165) is 77.0 Å². The second-order valence-corrected chi connectivity index (χ2v) is 14.8. The molecule has 58 heavy (non-hydrogen) atoms. The third-order valence-corrected chi connectivity index (χ3v) is 8.63. The second-order valence-electron chi connectivity index (χ2n) is 14.8. The van der Waals surface area contributed by atoms with Crippen molar-refractivity contribution in [1.29, 1.82) is 0 Å². The Morgan fingerprint density at radius 3 is 1.40 bits per heavy atom. The zero-order chi connectivity index (χ0) is 42.8. The summed E-state index contributed by atoms with van der Waals surface area (Å²) in [7, 11) is 5.35. The van der Waals surface area contributed by atoms with Gasteiger partial charge >= 0.3 is 11.9 Å². The summed E-state index contributed by atoms with van der Waals surface area (Å²) in [4.78, 5) is 36.8. The number of carbonyl (C=O) groups excluding carboxylic acids is 3. The van der Waals surface area contributed by atoms with Crippen LogP contribution in [0.2, 0.25) is 0 Å². The number of nitrogens with zero attached hydrogens (tertiary/aromatic N) is 1. The fourth-order valence-electron chi connectivity index (χ4n) is 5.34. The number of carbonyl (C=O) groups is 3. The lowest BCUT2D eigenvalue weighted by atomic mass is 10.1. The van der Waals surface area contributed by atoms with Gasteiger partial charge in [0.05, 0.1) is 46.7 Å². The number of rotatable bonds is 36. The minimum absolute atomic E-state index is 0.0122. The van der Waals surface area contributed by atoms with Gasteiger partial charge in [0.15, 0.2) is 6.10 Å². The monoisotopic (exact) mass is 804 g/mol. The average molecular weight is 804 g/mol. The smallest absolute Gasteiger partial charge is 0.309 e. The third kappa shape index (κ3) is 37.3. The molecule has 8 nitrogen and oxygen atoms in total. The first-order valence-corrected chi connectivity index (χ1v) is 21.6. The summed E-state index contributed by atoms with van der Waals surface area (Å²) >= 11 is 0. The number of carboxylic acids is 1. The zero-order valence-corrected chi connectivity index (χ0v) is 36.6. The van der Waals surface area contributed by atoms with E-state index in [4.69, 9.17) is 14.2 Å². The predicted octanol–water partition coefficient (Wildman–Crippen LogP) is 10.5. The van der Waals surface area contributed by atoms with Gasteiger partial charge in [-0.25, -0.2) is 0 Å². The van der Waals surface area contributed by atoms with Gasteiger partial charge in [-0.05, 0) is 83.5 Å². The van der Waals surface area contributed by atoms with E-state index >= 15 is 0 Å². The molecule has 0 aliphatic rings. The van der Waals surface area contributed by atoms with Crippen LogP contribution in [0.1, 0.15) is 123 Å². The molecule has 0 amide bonds. The van der Waals surface area contributed by atoms with Crippen molar-refractivity contribution >= 4 is 17.9 Å². The molecule has 0 aromatic heterocycles. The van der Waals surface area contributed by atoms with Gasteiger partial charge < -0.3 is 28.6 Å². The van der Waals surface area contributed by atoms with Gasteiger partial charge in [-0.2, -0.15) is 0 Å². The fraction of sp³-hybridized carbons (Fsp3) is 0.540. The number of likely N-dealkylation sites (N-methyl/N-ethyl adjacent to an activating group) is 1. The van der Waals surface area contributed by atoms with Crippen molar-refractivity contribution in [3.8, 4) is 0 Å². The molecule has 0 rings (SSSR count). The average Bonchev–Trinajstić information content (AvgIpc) is 3.18. The van der Waals surface area contributed by atoms with Crippen molar-refractivity contribution in [2.45, 2.75) is 135 Å². The summed E-state index contributed by atoms with van der Waals surface area (Å²) in [5.74, 6) is -1.96. The molecule has 324 valence electrons. The van der Waals surface area contributed by atoms with E-state index in [9.17, 15) is 19.5 Å². The maximum Gasteiger partial charge on any atom is 0.309 e. The lowest BCUT2D eigenvalue weighted by molar-refractivity contribution is -0.889. The highest BCUT2D eigenvalue weighted by Crippen LogP contribution is 2.10. The van der Waals surface area contributed by atoms with Crippen molar-refractivity contribution < 1.29 is 38.2 Å². The van der Waals surface area contributed by atoms with Crippen LogP contribution >= 0.6 is 0 Å². The number of ether oxygens (including phenoxy) is 3. The van der Waals surface area contributed by atoms with Gasteiger partial charge in [0.2, 0.25) is 0 Å². The van der Waals surface area contributed by atoms with Gasteiger partial charge in [0.25, 0.3) is 0 Å². The Balaban J connectivity index is 4.58. The number of aliphatic carboxylic acids is 1. The molecular formula is C50H77NO7. The Kier molecular flexibility index (Phi) is 36.6. The molecule has 8 heteroatoms. The first-order chi connectivity index (χ1) is 28.1. The Bertz CT molecular complexity index is 1350. The number of quaternary nitrogens is 1. The van der Waals surface area contributed by atoms with Gasteiger partial charge in [0, 0.05) is 12.8 Å². The zero-order valence-electron chi connectivity index (χ0n) is 36.6. The molecule has 0 saturated carbocycles.